The highest BCUT2D eigenvalue weighted by Gasteiger charge is 2.17. The Morgan fingerprint density at radius 3 is 2.66 bits per heavy atom. The Hall–Kier alpha value is -2.84. The van der Waals surface area contributed by atoms with E-state index < -0.39 is 0 Å². The molecule has 1 N–H and O–H groups in total. The fraction of sp³-hybridized carbons (Fsp3) is 0.417. The molecule has 3 heterocycles. The molecule has 1 fully saturated rings. The highest BCUT2D eigenvalue weighted by Crippen LogP contribution is 2.30. The molecule has 1 aromatic carbocycles. The minimum Gasteiger partial charge on any atom is -0.493 e. The minimum absolute atomic E-state index is 0.171. The van der Waals surface area contributed by atoms with E-state index in [-0.39, 0.29) is 5.91 Å². The van der Waals surface area contributed by atoms with Crippen LogP contribution < -0.4 is 10.1 Å². The van der Waals surface area contributed by atoms with Crippen LogP contribution in [-0.2, 0) is 17.7 Å². The normalized spacial score (nSPS) is 14.3. The number of amides is 1. The van der Waals surface area contributed by atoms with E-state index in [4.69, 9.17) is 9.47 Å². The van der Waals surface area contributed by atoms with E-state index in [1.54, 1.807) is 29.8 Å². The second-order valence-electron chi connectivity index (χ2n) is 7.92. The summed E-state index contributed by atoms with van der Waals surface area (Å²) in [5.41, 5.74) is 2.29. The first-order valence-electron chi connectivity index (χ1n) is 11.0. The number of hydrogen-bond donors (Lipinski definition) is 1. The highest BCUT2D eigenvalue weighted by molar-refractivity contribution is 7.15. The third kappa shape index (κ3) is 5.89. The second-order valence-corrected chi connectivity index (χ2v) is 9.03. The molecule has 0 spiro atoms. The molecule has 1 saturated heterocycles. The summed E-state index contributed by atoms with van der Waals surface area (Å²) in [6, 6.07) is 5.65. The molecule has 0 atom stereocenters. The number of thiazole rings is 1. The van der Waals surface area contributed by atoms with Crippen molar-refractivity contribution in [3.05, 3.63) is 58.6 Å². The van der Waals surface area contributed by atoms with Crippen molar-refractivity contribution in [3.8, 4) is 16.3 Å². The lowest BCUT2D eigenvalue weighted by Gasteiger charge is -2.22. The summed E-state index contributed by atoms with van der Waals surface area (Å²) in [6.07, 6.45) is 8.28. The Morgan fingerprint density at radius 2 is 1.94 bits per heavy atom. The van der Waals surface area contributed by atoms with Crippen LogP contribution in [0.1, 0.15) is 46.4 Å². The molecule has 2 aromatic heterocycles. The average Bonchev–Trinajstić information content (AvgIpc) is 3.32. The van der Waals surface area contributed by atoms with Gasteiger partial charge in [0.15, 0.2) is 0 Å². The van der Waals surface area contributed by atoms with Gasteiger partial charge in [-0.25, -0.2) is 15.0 Å². The molecule has 8 heteroatoms. The van der Waals surface area contributed by atoms with E-state index in [1.807, 2.05) is 25.3 Å². The van der Waals surface area contributed by atoms with Crippen LogP contribution in [0.15, 0.2) is 36.8 Å². The van der Waals surface area contributed by atoms with E-state index in [1.165, 1.54) is 4.88 Å². The fourth-order valence-electron chi connectivity index (χ4n) is 3.46. The third-order valence-electron chi connectivity index (χ3n) is 5.43. The predicted molar refractivity (Wildman–Crippen MR) is 124 cm³/mol. The van der Waals surface area contributed by atoms with Gasteiger partial charge in [0, 0.05) is 59.9 Å². The maximum atomic E-state index is 12.9. The molecule has 3 aromatic rings. The number of aryl methyl sites for hydroxylation is 2. The van der Waals surface area contributed by atoms with Crippen molar-refractivity contribution < 1.29 is 14.3 Å². The van der Waals surface area contributed by atoms with Gasteiger partial charge in [0.05, 0.1) is 6.61 Å². The zero-order chi connectivity index (χ0) is 22.3. The number of hydrogen-bond acceptors (Lipinski definition) is 7. The number of nitrogens with zero attached hydrogens (tertiary/aromatic N) is 3. The Morgan fingerprint density at radius 1 is 1.16 bits per heavy atom. The molecule has 0 aliphatic carbocycles. The van der Waals surface area contributed by atoms with Crippen LogP contribution in [0.4, 0.5) is 0 Å². The molecule has 0 radical (unpaired) electrons. The van der Waals surface area contributed by atoms with Gasteiger partial charge < -0.3 is 14.8 Å². The van der Waals surface area contributed by atoms with Crippen molar-refractivity contribution in [2.24, 2.45) is 5.92 Å². The number of carbonyl (C=O) groups is 1. The van der Waals surface area contributed by atoms with E-state index in [2.05, 4.69) is 27.2 Å². The van der Waals surface area contributed by atoms with Crippen LogP contribution in [0, 0.1) is 12.8 Å². The number of carbonyl (C=O) groups excluding carboxylic acids is 1. The first kappa shape index (κ1) is 22.4. The van der Waals surface area contributed by atoms with Crippen molar-refractivity contribution in [1.82, 2.24) is 20.3 Å². The van der Waals surface area contributed by atoms with E-state index in [0.717, 1.165) is 48.6 Å². The largest absolute Gasteiger partial charge is 0.493 e. The lowest BCUT2D eigenvalue weighted by Crippen LogP contribution is -2.23. The molecule has 1 amide bonds. The minimum atomic E-state index is -0.171. The molecule has 4 rings (SSSR count). The number of benzene rings is 1. The van der Waals surface area contributed by atoms with Gasteiger partial charge in [0.1, 0.15) is 16.6 Å². The number of ether oxygens (including phenoxy) is 2. The number of nitrogens with one attached hydrogen (secondary N) is 1. The number of rotatable bonds is 8. The lowest BCUT2D eigenvalue weighted by atomic mass is 10.0. The Kier molecular flexibility index (Phi) is 7.44. The zero-order valence-electron chi connectivity index (χ0n) is 18.5. The van der Waals surface area contributed by atoms with Gasteiger partial charge >= 0.3 is 0 Å². The molecular formula is C24H28N4O3S. The van der Waals surface area contributed by atoms with E-state index >= 15 is 0 Å². The van der Waals surface area contributed by atoms with Crippen molar-refractivity contribution in [3.63, 3.8) is 0 Å². The summed E-state index contributed by atoms with van der Waals surface area (Å²) >= 11 is 1.64. The van der Waals surface area contributed by atoms with Crippen LogP contribution >= 0.6 is 11.3 Å². The molecule has 0 unspecified atom stereocenters. The monoisotopic (exact) mass is 452 g/mol. The Bertz CT molecular complexity index is 1050. The summed E-state index contributed by atoms with van der Waals surface area (Å²) < 4.78 is 11.6. The van der Waals surface area contributed by atoms with E-state index in [0.29, 0.717) is 36.2 Å². The summed E-state index contributed by atoms with van der Waals surface area (Å²) in [5.74, 6) is 1.69. The van der Waals surface area contributed by atoms with Crippen LogP contribution in [0.5, 0.6) is 5.75 Å². The fourth-order valence-corrected chi connectivity index (χ4v) is 4.30. The highest BCUT2D eigenvalue weighted by atomic mass is 32.1. The smallest absolute Gasteiger partial charge is 0.251 e. The summed E-state index contributed by atoms with van der Waals surface area (Å²) in [6.45, 7) is 6.48. The molecule has 1 aliphatic rings. The van der Waals surface area contributed by atoms with Gasteiger partial charge in [-0.1, -0.05) is 6.92 Å². The third-order valence-corrected chi connectivity index (χ3v) is 6.62. The van der Waals surface area contributed by atoms with Gasteiger partial charge in [-0.3, -0.25) is 4.79 Å². The van der Waals surface area contributed by atoms with Crippen LogP contribution in [0.2, 0.25) is 0 Å². The van der Waals surface area contributed by atoms with Gasteiger partial charge in [-0.15, -0.1) is 11.3 Å². The van der Waals surface area contributed by atoms with Gasteiger partial charge in [0.2, 0.25) is 0 Å². The summed E-state index contributed by atoms with van der Waals surface area (Å²) in [7, 11) is 0. The van der Waals surface area contributed by atoms with Crippen molar-refractivity contribution in [2.45, 2.75) is 39.7 Å². The molecule has 1 aliphatic heterocycles. The predicted octanol–water partition coefficient (Wildman–Crippen LogP) is 4.21. The van der Waals surface area contributed by atoms with Crippen LogP contribution in [0.25, 0.3) is 10.6 Å². The maximum Gasteiger partial charge on any atom is 0.251 e. The van der Waals surface area contributed by atoms with E-state index in [9.17, 15) is 4.79 Å². The topological polar surface area (TPSA) is 86.2 Å². The van der Waals surface area contributed by atoms with Crippen molar-refractivity contribution in [2.75, 3.05) is 19.8 Å². The zero-order valence-corrected chi connectivity index (χ0v) is 19.3. The molecule has 0 bridgehead atoms. The molecule has 7 nitrogen and oxygen atoms in total. The Labute approximate surface area is 192 Å². The quantitative estimate of drug-likeness (QED) is 0.551. The van der Waals surface area contributed by atoms with Crippen molar-refractivity contribution >= 4 is 17.2 Å². The SMILES string of the molecule is CCc1cnc(-c2cc(OCC3CCOCC3)cc(C(=O)NCc3cnc(C)nc3)c2)s1. The van der Waals surface area contributed by atoms with Crippen molar-refractivity contribution in [1.29, 1.82) is 0 Å². The van der Waals surface area contributed by atoms with Crippen LogP contribution in [0.3, 0.4) is 0 Å². The number of aromatic nitrogens is 3. The lowest BCUT2D eigenvalue weighted by molar-refractivity contribution is 0.0497. The standard InChI is InChI=1S/C24H28N4O3S/c1-3-22-14-28-24(32-22)20-8-19(23(29)27-13-18-11-25-16(2)26-12-18)9-21(10-20)31-15-17-4-6-30-7-5-17/h8-12,14,17H,3-7,13,15H2,1-2H3,(H,27,29). The molecule has 32 heavy (non-hydrogen) atoms. The van der Waals surface area contributed by atoms with Gasteiger partial charge in [0.25, 0.3) is 5.91 Å². The average molecular weight is 453 g/mol. The van der Waals surface area contributed by atoms with Crippen LogP contribution in [-0.4, -0.2) is 40.7 Å². The second kappa shape index (κ2) is 10.7. The van der Waals surface area contributed by atoms with Gasteiger partial charge in [-0.05, 0) is 50.3 Å². The first-order chi connectivity index (χ1) is 15.6. The summed E-state index contributed by atoms with van der Waals surface area (Å²) in [5, 5.41) is 3.84. The molecular weight excluding hydrogens is 424 g/mol. The summed E-state index contributed by atoms with van der Waals surface area (Å²) in [4.78, 5) is 27.1. The Balaban J connectivity index is 1.52. The maximum absolute atomic E-state index is 12.9. The molecule has 0 saturated carbocycles. The molecule has 168 valence electrons. The first-order valence-corrected chi connectivity index (χ1v) is 11.8. The van der Waals surface area contributed by atoms with Gasteiger partial charge in [-0.2, -0.15) is 0 Å².